The predicted molar refractivity (Wildman–Crippen MR) is 72.2 cm³/mol. The summed E-state index contributed by atoms with van der Waals surface area (Å²) < 4.78 is 0. The highest BCUT2D eigenvalue weighted by Gasteiger charge is 2.18. The largest absolute Gasteiger partial charge is 0.480 e. The minimum absolute atomic E-state index is 0.397. The number of carbonyl (C=O) groups is 2. The highest BCUT2D eigenvalue weighted by atomic mass is 16.4. The lowest BCUT2D eigenvalue weighted by molar-refractivity contribution is -0.139. The maximum atomic E-state index is 11.7. The van der Waals surface area contributed by atoms with E-state index in [0.717, 1.165) is 5.69 Å². The fourth-order valence-corrected chi connectivity index (χ4v) is 1.68. The van der Waals surface area contributed by atoms with Crippen LogP contribution in [0.3, 0.4) is 0 Å². The molecule has 6 heteroatoms. The number of carboxylic acids is 1. The molecule has 0 aliphatic heterocycles. The number of hydrogen-bond acceptors (Lipinski definition) is 3. The summed E-state index contributed by atoms with van der Waals surface area (Å²) >= 11 is 0. The van der Waals surface area contributed by atoms with E-state index in [1.54, 1.807) is 19.1 Å². The Balaban J connectivity index is 2.66. The summed E-state index contributed by atoms with van der Waals surface area (Å²) in [5.74, 6) is -1.03. The number of carbonyl (C=O) groups excluding carboxylic acids is 1. The molecule has 0 radical (unpaired) electrons. The highest BCUT2D eigenvalue weighted by Crippen LogP contribution is 2.12. The van der Waals surface area contributed by atoms with Crippen molar-refractivity contribution >= 4 is 17.7 Å². The number of carboxylic acid groups (broad SMARTS) is 1. The van der Waals surface area contributed by atoms with Crippen molar-refractivity contribution in [2.45, 2.75) is 39.7 Å². The van der Waals surface area contributed by atoms with Gasteiger partial charge in [-0.05, 0) is 32.4 Å². The summed E-state index contributed by atoms with van der Waals surface area (Å²) in [6.45, 7) is 5.51. The fraction of sp³-hybridized carbons (Fsp3) is 0.462. The Hall–Kier alpha value is -2.11. The van der Waals surface area contributed by atoms with Crippen molar-refractivity contribution in [3.05, 3.63) is 23.5 Å². The van der Waals surface area contributed by atoms with Gasteiger partial charge in [0.1, 0.15) is 6.04 Å². The van der Waals surface area contributed by atoms with Crippen LogP contribution in [0.2, 0.25) is 0 Å². The van der Waals surface area contributed by atoms with Crippen LogP contribution in [0, 0.1) is 13.8 Å². The number of hydrogen-bond donors (Lipinski definition) is 3. The Bertz CT molecular complexity index is 474. The van der Waals surface area contributed by atoms with Crippen LogP contribution in [0.25, 0.3) is 0 Å². The van der Waals surface area contributed by atoms with Gasteiger partial charge >= 0.3 is 12.0 Å². The molecule has 0 spiro atoms. The first-order chi connectivity index (χ1) is 8.93. The van der Waals surface area contributed by atoms with Gasteiger partial charge in [0.2, 0.25) is 0 Å². The summed E-state index contributed by atoms with van der Waals surface area (Å²) in [5.41, 5.74) is 2.12. The zero-order valence-electron chi connectivity index (χ0n) is 11.4. The molecule has 104 valence electrons. The van der Waals surface area contributed by atoms with Crippen molar-refractivity contribution in [1.82, 2.24) is 10.3 Å². The number of urea groups is 1. The van der Waals surface area contributed by atoms with Gasteiger partial charge in [-0.25, -0.2) is 9.59 Å². The summed E-state index contributed by atoms with van der Waals surface area (Å²) in [4.78, 5) is 26.9. The van der Waals surface area contributed by atoms with Gasteiger partial charge in [-0.2, -0.15) is 0 Å². The van der Waals surface area contributed by atoms with Gasteiger partial charge in [0.25, 0.3) is 0 Å². The fourth-order valence-electron chi connectivity index (χ4n) is 1.68. The molecule has 0 aromatic carbocycles. The summed E-state index contributed by atoms with van der Waals surface area (Å²) in [7, 11) is 0. The maximum Gasteiger partial charge on any atom is 0.326 e. The Kier molecular flexibility index (Phi) is 5.29. The van der Waals surface area contributed by atoms with Crippen molar-refractivity contribution in [1.29, 1.82) is 0 Å². The molecule has 1 aromatic heterocycles. The Labute approximate surface area is 112 Å². The van der Waals surface area contributed by atoms with E-state index in [9.17, 15) is 9.59 Å². The number of nitrogens with one attached hydrogen (secondary N) is 2. The number of rotatable bonds is 5. The van der Waals surface area contributed by atoms with E-state index in [4.69, 9.17) is 5.11 Å². The number of amides is 2. The Morgan fingerprint density at radius 2 is 2.05 bits per heavy atom. The molecule has 0 saturated carbocycles. The van der Waals surface area contributed by atoms with Crippen LogP contribution in [0.4, 0.5) is 10.5 Å². The summed E-state index contributed by atoms with van der Waals surface area (Å²) in [6.07, 6.45) is 1.08. The van der Waals surface area contributed by atoms with Crippen LogP contribution < -0.4 is 10.6 Å². The molecule has 1 heterocycles. The lowest BCUT2D eigenvalue weighted by atomic mass is 10.2. The zero-order chi connectivity index (χ0) is 14.4. The molecule has 3 N–H and O–H groups in total. The molecule has 0 unspecified atom stereocenters. The van der Waals surface area contributed by atoms with Crippen molar-refractivity contribution in [3.63, 3.8) is 0 Å². The average Bonchev–Trinajstić information content (AvgIpc) is 2.32. The van der Waals surface area contributed by atoms with Crippen molar-refractivity contribution in [3.8, 4) is 0 Å². The van der Waals surface area contributed by atoms with Crippen molar-refractivity contribution in [2.75, 3.05) is 5.32 Å². The highest BCUT2D eigenvalue weighted by molar-refractivity contribution is 5.92. The second-order valence-corrected chi connectivity index (χ2v) is 4.36. The van der Waals surface area contributed by atoms with Crippen LogP contribution in [0.5, 0.6) is 0 Å². The standard InChI is InChI=1S/C13H19N3O3/c1-4-5-11(12(17)18)16-13(19)15-10-7-6-8(2)14-9(10)3/h6-7,11H,4-5H2,1-3H3,(H,17,18)(H2,15,16,19)/t11-/m1/s1. The van der Waals surface area contributed by atoms with Crippen molar-refractivity contribution in [2.24, 2.45) is 0 Å². The van der Waals surface area contributed by atoms with Gasteiger partial charge in [0, 0.05) is 5.69 Å². The van der Waals surface area contributed by atoms with Gasteiger partial charge in [0.05, 0.1) is 11.4 Å². The van der Waals surface area contributed by atoms with E-state index < -0.39 is 18.0 Å². The lowest BCUT2D eigenvalue weighted by Crippen LogP contribution is -2.43. The van der Waals surface area contributed by atoms with E-state index in [-0.39, 0.29) is 0 Å². The summed E-state index contributed by atoms with van der Waals surface area (Å²) in [5, 5.41) is 14.0. The number of nitrogens with zero attached hydrogens (tertiary/aromatic N) is 1. The molecule has 0 aliphatic carbocycles. The molecule has 19 heavy (non-hydrogen) atoms. The molecular formula is C13H19N3O3. The third-order valence-corrected chi connectivity index (χ3v) is 2.65. The number of pyridine rings is 1. The third kappa shape index (κ3) is 4.57. The number of aromatic nitrogens is 1. The second-order valence-electron chi connectivity index (χ2n) is 4.36. The molecule has 6 nitrogen and oxygen atoms in total. The molecule has 0 fully saturated rings. The van der Waals surface area contributed by atoms with E-state index in [1.165, 1.54) is 0 Å². The molecule has 1 aromatic rings. The maximum absolute atomic E-state index is 11.7. The van der Waals surface area contributed by atoms with Crippen LogP contribution in [-0.2, 0) is 4.79 Å². The topological polar surface area (TPSA) is 91.3 Å². The predicted octanol–water partition coefficient (Wildman–Crippen LogP) is 2.07. The minimum Gasteiger partial charge on any atom is -0.480 e. The van der Waals surface area contributed by atoms with Gasteiger partial charge in [0.15, 0.2) is 0 Å². The molecule has 0 bridgehead atoms. The molecule has 0 saturated heterocycles. The molecule has 2 amide bonds. The van der Waals surface area contributed by atoms with E-state index in [2.05, 4.69) is 15.6 Å². The smallest absolute Gasteiger partial charge is 0.326 e. The van der Waals surface area contributed by atoms with Gasteiger partial charge in [-0.1, -0.05) is 13.3 Å². The van der Waals surface area contributed by atoms with Crippen LogP contribution in [-0.4, -0.2) is 28.1 Å². The average molecular weight is 265 g/mol. The monoisotopic (exact) mass is 265 g/mol. The van der Waals surface area contributed by atoms with Crippen LogP contribution in [0.1, 0.15) is 31.2 Å². The molecular weight excluding hydrogens is 246 g/mol. The SMILES string of the molecule is CCC[C@@H](NC(=O)Nc1ccc(C)nc1C)C(=O)O. The first kappa shape index (κ1) is 14.9. The Morgan fingerprint density at radius 1 is 1.37 bits per heavy atom. The van der Waals surface area contributed by atoms with E-state index >= 15 is 0 Å². The molecule has 1 atom stereocenters. The third-order valence-electron chi connectivity index (χ3n) is 2.65. The normalized spacial score (nSPS) is 11.7. The molecule has 1 rings (SSSR count). The zero-order valence-corrected chi connectivity index (χ0v) is 11.4. The quantitative estimate of drug-likeness (QED) is 0.760. The van der Waals surface area contributed by atoms with Gasteiger partial charge in [-0.15, -0.1) is 0 Å². The number of aryl methyl sites for hydroxylation is 2. The second kappa shape index (κ2) is 6.72. The van der Waals surface area contributed by atoms with Crippen LogP contribution >= 0.6 is 0 Å². The first-order valence-electron chi connectivity index (χ1n) is 6.18. The lowest BCUT2D eigenvalue weighted by Gasteiger charge is -2.15. The van der Waals surface area contributed by atoms with Gasteiger partial charge < -0.3 is 15.7 Å². The molecule has 0 aliphatic rings. The Morgan fingerprint density at radius 3 is 2.58 bits per heavy atom. The number of aliphatic carboxylic acids is 1. The summed E-state index contributed by atoms with van der Waals surface area (Å²) in [6, 6.07) is 2.12. The van der Waals surface area contributed by atoms with E-state index in [0.29, 0.717) is 24.2 Å². The first-order valence-corrected chi connectivity index (χ1v) is 6.18. The van der Waals surface area contributed by atoms with Gasteiger partial charge in [-0.3, -0.25) is 4.98 Å². The van der Waals surface area contributed by atoms with E-state index in [1.807, 2.05) is 13.8 Å². The number of anilines is 1. The minimum atomic E-state index is -1.03. The van der Waals surface area contributed by atoms with Crippen molar-refractivity contribution < 1.29 is 14.7 Å². The van der Waals surface area contributed by atoms with Crippen LogP contribution in [0.15, 0.2) is 12.1 Å².